The van der Waals surface area contributed by atoms with Crippen LogP contribution in [0.1, 0.15) is 25.3 Å². The number of nitrogens with two attached hydrogens (primary N) is 1. The highest BCUT2D eigenvalue weighted by molar-refractivity contribution is 5.90. The molecule has 0 saturated heterocycles. The lowest BCUT2D eigenvalue weighted by Crippen LogP contribution is -2.12. The molecule has 2 aromatic rings. The van der Waals surface area contributed by atoms with Crippen molar-refractivity contribution in [1.82, 2.24) is 0 Å². The van der Waals surface area contributed by atoms with E-state index in [0.717, 1.165) is 23.4 Å². The highest BCUT2D eigenvalue weighted by Gasteiger charge is 2.06. The first-order valence-electron chi connectivity index (χ1n) is 8.07. The maximum atomic E-state index is 12.0. The summed E-state index contributed by atoms with van der Waals surface area (Å²) in [6.45, 7) is 2.69. The molecule has 5 nitrogen and oxygen atoms in total. The number of ether oxygens (including phenoxy) is 2. The van der Waals surface area contributed by atoms with E-state index in [2.05, 4.69) is 5.32 Å². The molecule has 24 heavy (non-hydrogen) atoms. The number of aryl methyl sites for hydroxylation is 1. The average Bonchev–Trinajstić information content (AvgIpc) is 2.60. The van der Waals surface area contributed by atoms with Gasteiger partial charge in [0.2, 0.25) is 5.91 Å². The van der Waals surface area contributed by atoms with Gasteiger partial charge in [-0.1, -0.05) is 13.0 Å². The van der Waals surface area contributed by atoms with Crippen molar-refractivity contribution in [1.29, 1.82) is 0 Å². The van der Waals surface area contributed by atoms with Gasteiger partial charge in [0.05, 0.1) is 19.4 Å². The minimum absolute atomic E-state index is 0.0370. The Labute approximate surface area is 142 Å². The maximum Gasteiger partial charge on any atom is 0.224 e. The van der Waals surface area contributed by atoms with Gasteiger partial charge in [0, 0.05) is 12.1 Å². The van der Waals surface area contributed by atoms with Gasteiger partial charge in [-0.05, 0) is 54.8 Å². The largest absolute Gasteiger partial charge is 0.497 e. The van der Waals surface area contributed by atoms with Crippen molar-refractivity contribution in [3.05, 3.63) is 48.0 Å². The van der Waals surface area contributed by atoms with Gasteiger partial charge in [-0.15, -0.1) is 0 Å². The summed E-state index contributed by atoms with van der Waals surface area (Å²) in [6.07, 6.45) is 1.95. The van der Waals surface area contributed by atoms with Crippen LogP contribution in [0.15, 0.2) is 42.5 Å². The molecular formula is C19H24N2O3. The van der Waals surface area contributed by atoms with Crippen LogP contribution in [0, 0.1) is 0 Å². The summed E-state index contributed by atoms with van der Waals surface area (Å²) < 4.78 is 10.6. The van der Waals surface area contributed by atoms with Crippen molar-refractivity contribution in [2.45, 2.75) is 26.2 Å². The topological polar surface area (TPSA) is 73.6 Å². The van der Waals surface area contributed by atoms with E-state index < -0.39 is 0 Å². The van der Waals surface area contributed by atoms with E-state index in [1.165, 1.54) is 0 Å². The zero-order valence-corrected chi connectivity index (χ0v) is 14.2. The van der Waals surface area contributed by atoms with Crippen molar-refractivity contribution < 1.29 is 14.3 Å². The molecule has 0 aliphatic carbocycles. The Bertz CT molecular complexity index is 669. The predicted octanol–water partition coefficient (Wildman–Crippen LogP) is 3.64. The standard InChI is InChI=1S/C19H24N2O3/c1-3-12-24-18-10-4-14(13-17(18)20)5-11-19(22)21-15-6-8-16(23-2)9-7-15/h4,6-10,13H,3,5,11-12,20H2,1-2H3,(H,21,22). The van der Waals surface area contributed by atoms with E-state index in [-0.39, 0.29) is 5.91 Å². The predicted molar refractivity (Wildman–Crippen MR) is 96.6 cm³/mol. The summed E-state index contributed by atoms with van der Waals surface area (Å²) in [6, 6.07) is 12.9. The second-order valence-electron chi connectivity index (χ2n) is 5.50. The van der Waals surface area contributed by atoms with E-state index in [1.807, 2.05) is 49.4 Å². The number of benzene rings is 2. The Kier molecular flexibility index (Phi) is 6.49. The summed E-state index contributed by atoms with van der Waals surface area (Å²) >= 11 is 0. The molecule has 0 fully saturated rings. The van der Waals surface area contributed by atoms with Gasteiger partial charge in [-0.2, -0.15) is 0 Å². The normalized spacial score (nSPS) is 10.2. The number of carbonyl (C=O) groups is 1. The third kappa shape index (κ3) is 5.19. The van der Waals surface area contributed by atoms with Crippen LogP contribution in [-0.4, -0.2) is 19.6 Å². The van der Waals surface area contributed by atoms with E-state index in [0.29, 0.717) is 30.9 Å². The fourth-order valence-corrected chi connectivity index (χ4v) is 2.25. The molecule has 0 unspecified atom stereocenters. The number of nitrogen functional groups attached to an aromatic ring is 1. The molecule has 0 aromatic heterocycles. The van der Waals surface area contributed by atoms with Crippen molar-refractivity contribution in [2.75, 3.05) is 24.8 Å². The number of nitrogens with one attached hydrogen (secondary N) is 1. The fourth-order valence-electron chi connectivity index (χ4n) is 2.25. The van der Waals surface area contributed by atoms with Crippen LogP contribution >= 0.6 is 0 Å². The summed E-state index contributed by atoms with van der Waals surface area (Å²) in [4.78, 5) is 12.0. The summed E-state index contributed by atoms with van der Waals surface area (Å²) in [5, 5.41) is 2.87. The first kappa shape index (κ1) is 17.7. The van der Waals surface area contributed by atoms with E-state index in [1.54, 1.807) is 7.11 Å². The Hall–Kier alpha value is -2.69. The third-order valence-electron chi connectivity index (χ3n) is 3.55. The average molecular weight is 328 g/mol. The van der Waals surface area contributed by atoms with Crippen LogP contribution < -0.4 is 20.5 Å². The molecule has 2 aromatic carbocycles. The highest BCUT2D eigenvalue weighted by atomic mass is 16.5. The quantitative estimate of drug-likeness (QED) is 0.726. The summed E-state index contributed by atoms with van der Waals surface area (Å²) in [7, 11) is 1.61. The van der Waals surface area contributed by atoms with E-state index in [4.69, 9.17) is 15.2 Å². The molecule has 0 atom stereocenters. The minimum atomic E-state index is -0.0370. The van der Waals surface area contributed by atoms with Crippen molar-refractivity contribution in [3.63, 3.8) is 0 Å². The van der Waals surface area contributed by atoms with Crippen LogP contribution in [0.2, 0.25) is 0 Å². The molecule has 1 amide bonds. The molecule has 5 heteroatoms. The third-order valence-corrected chi connectivity index (χ3v) is 3.55. The van der Waals surface area contributed by atoms with Crippen molar-refractivity contribution in [3.8, 4) is 11.5 Å². The smallest absolute Gasteiger partial charge is 0.224 e. The molecule has 0 spiro atoms. The van der Waals surface area contributed by atoms with Gasteiger partial charge in [-0.3, -0.25) is 4.79 Å². The fraction of sp³-hybridized carbons (Fsp3) is 0.316. The number of rotatable bonds is 8. The maximum absolute atomic E-state index is 12.0. The monoisotopic (exact) mass is 328 g/mol. The lowest BCUT2D eigenvalue weighted by atomic mass is 10.1. The first-order valence-corrected chi connectivity index (χ1v) is 8.07. The SMILES string of the molecule is CCCOc1ccc(CCC(=O)Nc2ccc(OC)cc2)cc1N. The zero-order valence-electron chi connectivity index (χ0n) is 14.2. The second kappa shape index (κ2) is 8.82. The number of methoxy groups -OCH3 is 1. The molecule has 2 rings (SSSR count). The van der Waals surface area contributed by atoms with E-state index in [9.17, 15) is 4.79 Å². The van der Waals surface area contributed by atoms with Crippen LogP contribution in [-0.2, 0) is 11.2 Å². The number of amides is 1. The summed E-state index contributed by atoms with van der Waals surface area (Å²) in [5.74, 6) is 1.42. The molecular weight excluding hydrogens is 304 g/mol. The van der Waals surface area contributed by atoms with Crippen LogP contribution in [0.5, 0.6) is 11.5 Å². The number of carbonyl (C=O) groups excluding carboxylic acids is 1. The van der Waals surface area contributed by atoms with Gasteiger partial charge in [-0.25, -0.2) is 0 Å². The molecule has 0 heterocycles. The van der Waals surface area contributed by atoms with Crippen molar-refractivity contribution in [2.24, 2.45) is 0 Å². The Morgan fingerprint density at radius 2 is 1.92 bits per heavy atom. The van der Waals surface area contributed by atoms with Gasteiger partial charge in [0.15, 0.2) is 0 Å². The van der Waals surface area contributed by atoms with Crippen LogP contribution in [0.25, 0.3) is 0 Å². The summed E-state index contributed by atoms with van der Waals surface area (Å²) in [5.41, 5.74) is 8.36. The molecule has 128 valence electrons. The zero-order chi connectivity index (χ0) is 17.4. The minimum Gasteiger partial charge on any atom is -0.497 e. The second-order valence-corrected chi connectivity index (χ2v) is 5.50. The van der Waals surface area contributed by atoms with E-state index >= 15 is 0 Å². The number of hydrogen-bond donors (Lipinski definition) is 2. The Morgan fingerprint density at radius 1 is 1.17 bits per heavy atom. The van der Waals surface area contributed by atoms with Gasteiger partial charge in [0.25, 0.3) is 0 Å². The Morgan fingerprint density at radius 3 is 2.54 bits per heavy atom. The van der Waals surface area contributed by atoms with Gasteiger partial charge >= 0.3 is 0 Å². The number of anilines is 2. The first-order chi connectivity index (χ1) is 11.6. The molecule has 0 aliphatic rings. The molecule has 0 bridgehead atoms. The molecule has 0 aliphatic heterocycles. The van der Waals surface area contributed by atoms with Crippen LogP contribution in [0.4, 0.5) is 11.4 Å². The van der Waals surface area contributed by atoms with Gasteiger partial charge in [0.1, 0.15) is 11.5 Å². The van der Waals surface area contributed by atoms with Crippen molar-refractivity contribution >= 4 is 17.3 Å². The highest BCUT2D eigenvalue weighted by Crippen LogP contribution is 2.23. The molecule has 0 radical (unpaired) electrons. The lowest BCUT2D eigenvalue weighted by molar-refractivity contribution is -0.116. The van der Waals surface area contributed by atoms with Gasteiger partial charge < -0.3 is 20.5 Å². The Balaban J connectivity index is 1.85. The molecule has 3 N–H and O–H groups in total. The lowest BCUT2D eigenvalue weighted by Gasteiger charge is -2.10. The number of hydrogen-bond acceptors (Lipinski definition) is 4. The molecule has 0 saturated carbocycles. The van der Waals surface area contributed by atoms with Crippen LogP contribution in [0.3, 0.4) is 0 Å².